The fourth-order valence-electron chi connectivity index (χ4n) is 4.31. The van der Waals surface area contributed by atoms with E-state index in [2.05, 4.69) is 10.3 Å². The molecule has 1 aromatic heterocycles. The van der Waals surface area contributed by atoms with E-state index < -0.39 is 17.9 Å². The van der Waals surface area contributed by atoms with Gasteiger partial charge in [0, 0.05) is 41.5 Å². The van der Waals surface area contributed by atoms with E-state index in [9.17, 15) is 14.4 Å². The molecule has 0 radical (unpaired) electrons. The average Bonchev–Trinajstić information content (AvgIpc) is 3.26. The van der Waals surface area contributed by atoms with Crippen LogP contribution in [0.4, 0.5) is 0 Å². The molecule has 0 aliphatic rings. The number of amides is 2. The maximum atomic E-state index is 13.9. The van der Waals surface area contributed by atoms with Gasteiger partial charge in [0.1, 0.15) is 11.7 Å². The summed E-state index contributed by atoms with van der Waals surface area (Å²) in [5.41, 5.74) is 2.79. The SMILES string of the molecule is CCOC(=O)c1[nH]c2cc(Cl)ccc2c1C(C(=O)NCc1ccccc1)N(Cc1ccccc1)C(C)=O. The number of carbonyl (C=O) groups is 3. The van der Waals surface area contributed by atoms with Crippen molar-refractivity contribution < 1.29 is 19.1 Å². The topological polar surface area (TPSA) is 91.5 Å². The van der Waals surface area contributed by atoms with Crippen LogP contribution in [0.3, 0.4) is 0 Å². The quantitative estimate of drug-likeness (QED) is 0.291. The Morgan fingerprint density at radius 1 is 0.973 bits per heavy atom. The third kappa shape index (κ3) is 6.01. The Morgan fingerprint density at radius 2 is 1.62 bits per heavy atom. The molecule has 8 heteroatoms. The predicted molar refractivity (Wildman–Crippen MR) is 143 cm³/mol. The van der Waals surface area contributed by atoms with E-state index in [1.165, 1.54) is 11.8 Å². The van der Waals surface area contributed by atoms with Crippen molar-refractivity contribution in [2.24, 2.45) is 0 Å². The van der Waals surface area contributed by atoms with Crippen molar-refractivity contribution in [1.82, 2.24) is 15.2 Å². The molecule has 1 unspecified atom stereocenters. The van der Waals surface area contributed by atoms with Crippen LogP contribution in [-0.2, 0) is 27.4 Å². The Morgan fingerprint density at radius 3 is 2.24 bits per heavy atom. The zero-order valence-corrected chi connectivity index (χ0v) is 21.4. The Bertz CT molecular complexity index is 1400. The highest BCUT2D eigenvalue weighted by Crippen LogP contribution is 2.35. The van der Waals surface area contributed by atoms with Crippen LogP contribution in [0, 0.1) is 0 Å². The van der Waals surface area contributed by atoms with Gasteiger partial charge >= 0.3 is 5.97 Å². The number of nitrogens with one attached hydrogen (secondary N) is 2. The third-order valence-electron chi connectivity index (χ3n) is 6.02. The number of benzene rings is 3. The van der Waals surface area contributed by atoms with Gasteiger partial charge in [-0.1, -0.05) is 78.3 Å². The van der Waals surface area contributed by atoms with Gasteiger partial charge in [-0.3, -0.25) is 9.59 Å². The lowest BCUT2D eigenvalue weighted by atomic mass is 9.98. The molecule has 2 amide bonds. The lowest BCUT2D eigenvalue weighted by Crippen LogP contribution is -2.43. The summed E-state index contributed by atoms with van der Waals surface area (Å²) in [5.74, 6) is -1.35. The molecule has 1 heterocycles. The van der Waals surface area contributed by atoms with Gasteiger partial charge in [0.25, 0.3) is 0 Å². The number of fused-ring (bicyclic) bond motifs is 1. The molecule has 0 fully saturated rings. The van der Waals surface area contributed by atoms with Gasteiger partial charge in [0.15, 0.2) is 0 Å². The summed E-state index contributed by atoms with van der Waals surface area (Å²) < 4.78 is 5.31. The summed E-state index contributed by atoms with van der Waals surface area (Å²) in [6, 6.07) is 22.9. The fraction of sp³-hybridized carbons (Fsp3) is 0.207. The molecule has 190 valence electrons. The number of rotatable bonds is 9. The molecule has 0 bridgehead atoms. The molecular weight excluding hydrogens is 490 g/mol. The summed E-state index contributed by atoms with van der Waals surface area (Å²) >= 11 is 6.22. The van der Waals surface area contributed by atoms with Crippen molar-refractivity contribution in [2.45, 2.75) is 33.0 Å². The van der Waals surface area contributed by atoms with Crippen molar-refractivity contribution in [3.63, 3.8) is 0 Å². The first-order chi connectivity index (χ1) is 17.9. The molecule has 1 atom stereocenters. The van der Waals surface area contributed by atoms with Gasteiger partial charge in [0.05, 0.1) is 6.61 Å². The molecule has 7 nitrogen and oxygen atoms in total. The molecule has 3 aromatic carbocycles. The minimum atomic E-state index is -1.12. The molecular formula is C29H28ClN3O4. The van der Waals surface area contributed by atoms with E-state index in [1.807, 2.05) is 60.7 Å². The summed E-state index contributed by atoms with van der Waals surface area (Å²) in [7, 11) is 0. The Labute approximate surface area is 220 Å². The number of nitrogens with zero attached hydrogens (tertiary/aromatic N) is 1. The normalized spacial score (nSPS) is 11.6. The lowest BCUT2D eigenvalue weighted by Gasteiger charge is -2.31. The maximum absolute atomic E-state index is 13.9. The minimum Gasteiger partial charge on any atom is -0.461 e. The fourth-order valence-corrected chi connectivity index (χ4v) is 4.49. The molecule has 4 aromatic rings. The summed E-state index contributed by atoms with van der Waals surface area (Å²) in [5, 5.41) is 4.03. The second kappa shape index (κ2) is 11.8. The van der Waals surface area contributed by atoms with Gasteiger partial charge in [-0.25, -0.2) is 4.79 Å². The number of carbonyl (C=O) groups excluding carboxylic acids is 3. The van der Waals surface area contributed by atoms with E-state index in [0.717, 1.165) is 11.1 Å². The first kappa shape index (κ1) is 26.0. The Kier molecular flexibility index (Phi) is 8.25. The van der Waals surface area contributed by atoms with Gasteiger partial charge in [-0.15, -0.1) is 0 Å². The zero-order chi connectivity index (χ0) is 26.4. The Hall–Kier alpha value is -4.10. The van der Waals surface area contributed by atoms with Crippen LogP contribution in [0.25, 0.3) is 10.9 Å². The number of H-pyrrole nitrogens is 1. The van der Waals surface area contributed by atoms with Gasteiger partial charge in [-0.05, 0) is 30.2 Å². The van der Waals surface area contributed by atoms with Crippen molar-refractivity contribution >= 4 is 40.3 Å². The van der Waals surface area contributed by atoms with Crippen LogP contribution in [0.2, 0.25) is 5.02 Å². The van der Waals surface area contributed by atoms with Crippen LogP contribution in [0.15, 0.2) is 78.9 Å². The van der Waals surface area contributed by atoms with Crippen LogP contribution >= 0.6 is 11.6 Å². The molecule has 0 spiro atoms. The number of halogens is 1. The van der Waals surface area contributed by atoms with Crippen molar-refractivity contribution in [1.29, 1.82) is 0 Å². The maximum Gasteiger partial charge on any atom is 0.355 e. The summed E-state index contributed by atoms with van der Waals surface area (Å²) in [6.07, 6.45) is 0. The lowest BCUT2D eigenvalue weighted by molar-refractivity contribution is -0.140. The monoisotopic (exact) mass is 517 g/mol. The van der Waals surface area contributed by atoms with E-state index in [-0.39, 0.29) is 31.3 Å². The number of aromatic nitrogens is 1. The van der Waals surface area contributed by atoms with E-state index >= 15 is 0 Å². The highest BCUT2D eigenvalue weighted by Gasteiger charge is 2.36. The van der Waals surface area contributed by atoms with Crippen molar-refractivity contribution in [2.75, 3.05) is 6.61 Å². The van der Waals surface area contributed by atoms with E-state index in [0.29, 0.717) is 21.5 Å². The molecule has 37 heavy (non-hydrogen) atoms. The summed E-state index contributed by atoms with van der Waals surface area (Å²) in [4.78, 5) is 44.6. The van der Waals surface area contributed by atoms with Crippen LogP contribution in [0.1, 0.15) is 47.1 Å². The molecule has 0 saturated heterocycles. The largest absolute Gasteiger partial charge is 0.461 e. The number of ether oxygens (including phenoxy) is 1. The van der Waals surface area contributed by atoms with Crippen LogP contribution in [-0.4, -0.2) is 34.3 Å². The predicted octanol–water partition coefficient (Wildman–Crippen LogP) is 5.40. The highest BCUT2D eigenvalue weighted by atomic mass is 35.5. The zero-order valence-electron chi connectivity index (χ0n) is 20.7. The van der Waals surface area contributed by atoms with Crippen molar-refractivity contribution in [3.8, 4) is 0 Å². The highest BCUT2D eigenvalue weighted by molar-refractivity contribution is 6.31. The van der Waals surface area contributed by atoms with E-state index in [4.69, 9.17) is 16.3 Å². The molecule has 0 aliphatic carbocycles. The van der Waals surface area contributed by atoms with Gasteiger partial charge in [-0.2, -0.15) is 0 Å². The number of hydrogen-bond acceptors (Lipinski definition) is 4. The third-order valence-corrected chi connectivity index (χ3v) is 6.26. The average molecular weight is 518 g/mol. The number of hydrogen-bond donors (Lipinski definition) is 2. The smallest absolute Gasteiger partial charge is 0.355 e. The minimum absolute atomic E-state index is 0.110. The Balaban J connectivity index is 1.85. The molecule has 0 aliphatic heterocycles. The van der Waals surface area contributed by atoms with Gasteiger partial charge < -0.3 is 19.9 Å². The standard InChI is InChI=1S/C29H28ClN3O4/c1-3-37-29(36)26-25(23-15-14-22(30)16-24(23)32-26)27(28(35)31-17-20-10-6-4-7-11-20)33(19(2)34)18-21-12-8-5-9-13-21/h4-16,27,32H,3,17-18H2,1-2H3,(H,31,35). The first-order valence-electron chi connectivity index (χ1n) is 12.0. The van der Waals surface area contributed by atoms with Crippen molar-refractivity contribution in [3.05, 3.63) is 106 Å². The van der Waals surface area contributed by atoms with Crippen LogP contribution in [0.5, 0.6) is 0 Å². The number of esters is 1. The first-order valence-corrected chi connectivity index (χ1v) is 12.4. The number of aromatic amines is 1. The van der Waals surface area contributed by atoms with Gasteiger partial charge in [0.2, 0.25) is 11.8 Å². The second-order valence-corrected chi connectivity index (χ2v) is 9.00. The molecule has 2 N–H and O–H groups in total. The van der Waals surface area contributed by atoms with Crippen LogP contribution < -0.4 is 5.32 Å². The van der Waals surface area contributed by atoms with E-state index in [1.54, 1.807) is 25.1 Å². The molecule has 4 rings (SSSR count). The summed E-state index contributed by atoms with van der Waals surface area (Å²) in [6.45, 7) is 3.70. The molecule has 0 saturated carbocycles. The second-order valence-electron chi connectivity index (χ2n) is 8.56.